The third-order valence-corrected chi connectivity index (χ3v) is 6.90. The zero-order valence-electron chi connectivity index (χ0n) is 19.1. The van der Waals surface area contributed by atoms with Crippen molar-refractivity contribution in [2.45, 2.75) is 59.3 Å². The molecule has 0 aliphatic heterocycles. The van der Waals surface area contributed by atoms with Crippen LogP contribution in [0.4, 0.5) is 0 Å². The molecule has 0 nitrogen and oxygen atoms in total. The number of benzene rings is 4. The lowest BCUT2D eigenvalue weighted by molar-refractivity contribution is 0.789. The molecule has 156 valence electrons. The van der Waals surface area contributed by atoms with Crippen molar-refractivity contribution in [3.8, 4) is 33.4 Å². The molecule has 4 aromatic rings. The molecule has 0 unspecified atom stereocenters. The van der Waals surface area contributed by atoms with Crippen LogP contribution in [0.1, 0.15) is 56.2 Å². The van der Waals surface area contributed by atoms with Gasteiger partial charge in [0.2, 0.25) is 0 Å². The molecule has 0 atom stereocenters. The lowest BCUT2D eigenvalue weighted by Gasteiger charge is -2.20. The second kappa shape index (κ2) is 8.35. The van der Waals surface area contributed by atoms with E-state index in [-0.39, 0.29) is 0 Å². The molecule has 0 heterocycles. The normalized spacial score (nSPS) is 11.8. The summed E-state index contributed by atoms with van der Waals surface area (Å²) < 4.78 is 0. The molecular weight excluding hydrogens is 372 g/mol. The van der Waals surface area contributed by atoms with E-state index in [1.54, 1.807) is 5.56 Å². The molecule has 0 heteroatoms. The van der Waals surface area contributed by atoms with Crippen molar-refractivity contribution in [2.75, 3.05) is 0 Å². The molecule has 0 saturated carbocycles. The molecule has 0 fully saturated rings. The molecule has 4 aromatic carbocycles. The molecule has 0 spiro atoms. The van der Waals surface area contributed by atoms with Crippen LogP contribution in [0.2, 0.25) is 0 Å². The summed E-state index contributed by atoms with van der Waals surface area (Å²) in [4.78, 5) is 0. The Labute approximate surface area is 187 Å². The first-order valence-electron chi connectivity index (χ1n) is 12.0. The van der Waals surface area contributed by atoms with Crippen LogP contribution < -0.4 is 0 Å². The third kappa shape index (κ3) is 3.39. The summed E-state index contributed by atoms with van der Waals surface area (Å²) >= 11 is 0. The van der Waals surface area contributed by atoms with Gasteiger partial charge in [-0.2, -0.15) is 0 Å². The first-order chi connectivity index (χ1) is 15.2. The Hall–Kier alpha value is -2.86. The smallest absolute Gasteiger partial charge is 0.00262 e. The van der Waals surface area contributed by atoms with Crippen molar-refractivity contribution in [2.24, 2.45) is 0 Å². The summed E-state index contributed by atoms with van der Waals surface area (Å²) in [5, 5.41) is 2.82. The Morgan fingerprint density at radius 1 is 0.645 bits per heavy atom. The van der Waals surface area contributed by atoms with Crippen LogP contribution >= 0.6 is 0 Å². The predicted molar refractivity (Wildman–Crippen MR) is 136 cm³/mol. The first-order valence-corrected chi connectivity index (χ1v) is 12.0. The third-order valence-electron chi connectivity index (χ3n) is 6.90. The van der Waals surface area contributed by atoms with E-state index in [1.807, 2.05) is 0 Å². The van der Waals surface area contributed by atoms with Gasteiger partial charge >= 0.3 is 0 Å². The van der Waals surface area contributed by atoms with E-state index in [9.17, 15) is 0 Å². The van der Waals surface area contributed by atoms with Crippen molar-refractivity contribution in [1.82, 2.24) is 0 Å². The summed E-state index contributed by atoms with van der Waals surface area (Å²) in [5.74, 6) is 0. The first kappa shape index (κ1) is 20.1. The molecule has 0 radical (unpaired) electrons. The summed E-state index contributed by atoms with van der Waals surface area (Å²) in [6.45, 7) is 6.78. The Kier molecular flexibility index (Phi) is 5.40. The van der Waals surface area contributed by atoms with Crippen LogP contribution in [0.3, 0.4) is 0 Å². The molecule has 1 aliphatic carbocycles. The number of rotatable bonds is 7. The molecule has 0 bridgehead atoms. The minimum atomic E-state index is 1.14. The van der Waals surface area contributed by atoms with E-state index in [2.05, 4.69) is 87.5 Å². The molecule has 5 rings (SSSR count). The van der Waals surface area contributed by atoms with Crippen LogP contribution in [0, 0.1) is 6.92 Å². The average molecular weight is 405 g/mol. The second-order valence-electron chi connectivity index (χ2n) is 9.09. The molecule has 0 N–H and O–H groups in total. The van der Waals surface area contributed by atoms with Crippen LogP contribution in [0.5, 0.6) is 0 Å². The van der Waals surface area contributed by atoms with Gasteiger partial charge in [0, 0.05) is 0 Å². The largest absolute Gasteiger partial charge is 0.0654 e. The Morgan fingerprint density at radius 3 is 1.97 bits per heavy atom. The maximum absolute atomic E-state index is 2.54. The minimum absolute atomic E-state index is 1.14. The van der Waals surface area contributed by atoms with Crippen molar-refractivity contribution < 1.29 is 0 Å². The lowest BCUT2D eigenvalue weighted by Crippen LogP contribution is -2.00. The zero-order chi connectivity index (χ0) is 21.4. The maximum atomic E-state index is 2.54. The standard InChI is InChI=1S/C31H32/c1-4-6-10-24-20-28(22-18-16-21(3)17-19-22)25(13-7-5-2)31-27-15-9-12-23-11-8-14-26(29(23)27)30(24)31/h8-9,11-12,14-20H,4-7,10,13H2,1-3H3. The van der Waals surface area contributed by atoms with Crippen molar-refractivity contribution in [3.05, 3.63) is 83.4 Å². The molecule has 1 aliphatic rings. The molecule has 31 heavy (non-hydrogen) atoms. The minimum Gasteiger partial charge on any atom is -0.0654 e. The van der Waals surface area contributed by atoms with Gasteiger partial charge in [0.05, 0.1) is 0 Å². The van der Waals surface area contributed by atoms with Crippen LogP contribution in [0.25, 0.3) is 44.2 Å². The SMILES string of the molecule is CCCCc1cc(-c2ccc(C)cc2)c(CCCC)c2c1-c1cccc3cccc-2c13. The highest BCUT2D eigenvalue weighted by atomic mass is 14.3. The van der Waals surface area contributed by atoms with Crippen molar-refractivity contribution in [3.63, 3.8) is 0 Å². The fourth-order valence-electron chi connectivity index (χ4n) is 5.31. The quantitative estimate of drug-likeness (QED) is 0.254. The van der Waals surface area contributed by atoms with Crippen molar-refractivity contribution >= 4 is 10.8 Å². The summed E-state index contributed by atoms with van der Waals surface area (Å²) in [5.41, 5.74) is 13.1. The number of hydrogen-bond donors (Lipinski definition) is 0. The maximum Gasteiger partial charge on any atom is -0.00262 e. The number of fused-ring (bicyclic) bond motifs is 3. The van der Waals surface area contributed by atoms with E-state index < -0.39 is 0 Å². The van der Waals surface area contributed by atoms with E-state index >= 15 is 0 Å². The van der Waals surface area contributed by atoms with Gasteiger partial charge in [-0.05, 0) is 87.9 Å². The van der Waals surface area contributed by atoms with Gasteiger partial charge in [-0.15, -0.1) is 0 Å². The van der Waals surface area contributed by atoms with Gasteiger partial charge < -0.3 is 0 Å². The second-order valence-corrected chi connectivity index (χ2v) is 9.09. The summed E-state index contributed by atoms with van der Waals surface area (Å²) in [6.07, 6.45) is 7.20. The van der Waals surface area contributed by atoms with Gasteiger partial charge in [-0.3, -0.25) is 0 Å². The fraction of sp³-hybridized carbons (Fsp3) is 0.290. The Morgan fingerprint density at radius 2 is 1.29 bits per heavy atom. The highest BCUT2D eigenvalue weighted by Crippen LogP contribution is 2.52. The highest BCUT2D eigenvalue weighted by molar-refractivity contribution is 6.17. The van der Waals surface area contributed by atoms with Crippen LogP contribution in [0.15, 0.2) is 66.7 Å². The van der Waals surface area contributed by atoms with Crippen LogP contribution in [-0.2, 0) is 12.8 Å². The lowest BCUT2D eigenvalue weighted by atomic mass is 9.83. The molecule has 0 aromatic heterocycles. The van der Waals surface area contributed by atoms with E-state index in [4.69, 9.17) is 0 Å². The molecular formula is C31H32. The van der Waals surface area contributed by atoms with Gasteiger partial charge in [-0.1, -0.05) is 99.0 Å². The zero-order valence-corrected chi connectivity index (χ0v) is 19.1. The Bertz CT molecular complexity index is 1240. The highest BCUT2D eigenvalue weighted by Gasteiger charge is 2.28. The van der Waals surface area contributed by atoms with E-state index in [0.29, 0.717) is 0 Å². The van der Waals surface area contributed by atoms with Gasteiger partial charge in [0.15, 0.2) is 0 Å². The monoisotopic (exact) mass is 404 g/mol. The number of aryl methyl sites for hydroxylation is 2. The topological polar surface area (TPSA) is 0 Å². The fourth-order valence-corrected chi connectivity index (χ4v) is 5.31. The summed E-state index contributed by atoms with van der Waals surface area (Å²) in [6, 6.07) is 25.4. The van der Waals surface area contributed by atoms with Crippen molar-refractivity contribution in [1.29, 1.82) is 0 Å². The average Bonchev–Trinajstić information content (AvgIpc) is 3.14. The number of hydrogen-bond acceptors (Lipinski definition) is 0. The summed E-state index contributed by atoms with van der Waals surface area (Å²) in [7, 11) is 0. The Balaban J connectivity index is 1.85. The van der Waals surface area contributed by atoms with Gasteiger partial charge in [0.25, 0.3) is 0 Å². The number of unbranched alkanes of at least 4 members (excludes halogenated alkanes) is 2. The van der Waals surface area contributed by atoms with E-state index in [0.717, 1.165) is 12.8 Å². The van der Waals surface area contributed by atoms with Gasteiger partial charge in [-0.25, -0.2) is 0 Å². The van der Waals surface area contributed by atoms with Crippen LogP contribution in [-0.4, -0.2) is 0 Å². The molecule has 0 amide bonds. The predicted octanol–water partition coefficient (Wildman–Crippen LogP) is 9.15. The molecule has 0 saturated heterocycles. The van der Waals surface area contributed by atoms with E-state index in [1.165, 1.54) is 81.0 Å². The van der Waals surface area contributed by atoms with Gasteiger partial charge in [0.1, 0.15) is 0 Å².